The number of aliphatic hydroxyl groups excluding tert-OH is 1. The molecule has 5 heteroatoms. The normalized spacial score (nSPS) is 27.8. The van der Waals surface area contributed by atoms with Crippen molar-refractivity contribution in [3.63, 3.8) is 0 Å². The lowest BCUT2D eigenvalue weighted by molar-refractivity contribution is -0.122. The highest BCUT2D eigenvalue weighted by Gasteiger charge is 2.26. The van der Waals surface area contributed by atoms with E-state index in [-0.39, 0.29) is 30.3 Å². The number of β-amino-alcohol motifs (C(OH)–C–C–N with tert-alkyl or cyclic N) is 1. The van der Waals surface area contributed by atoms with Gasteiger partial charge in [0.1, 0.15) is 0 Å². The maximum atomic E-state index is 10.9. The summed E-state index contributed by atoms with van der Waals surface area (Å²) in [6, 6.07) is 0. The smallest absolute Gasteiger partial charge is 0.220 e. The highest BCUT2D eigenvalue weighted by atomic mass is 35.5. The molecule has 0 bridgehead atoms. The van der Waals surface area contributed by atoms with Crippen LogP contribution >= 0.6 is 12.4 Å². The van der Waals surface area contributed by atoms with Gasteiger partial charge in [-0.2, -0.15) is 0 Å². The van der Waals surface area contributed by atoms with E-state index in [2.05, 4.69) is 10.6 Å². The van der Waals surface area contributed by atoms with Crippen LogP contribution < -0.4 is 10.6 Å². The predicted molar refractivity (Wildman–Crippen MR) is 48.3 cm³/mol. The molecule has 0 aromatic carbocycles. The van der Waals surface area contributed by atoms with Gasteiger partial charge in [-0.25, -0.2) is 0 Å². The molecule has 0 spiro atoms. The molecule has 1 saturated heterocycles. The standard InChI is InChI=1S/C7H14N2O2.ClH/c1-8-7(11)2-5-3-9-4-6(5)10;/h5-6,9-10H,2-4H2,1H3,(H,8,11);1H. The highest BCUT2D eigenvalue weighted by molar-refractivity contribution is 5.85. The number of rotatable bonds is 2. The van der Waals surface area contributed by atoms with Crippen molar-refractivity contribution in [3.05, 3.63) is 0 Å². The third-order valence-electron chi connectivity index (χ3n) is 2.03. The van der Waals surface area contributed by atoms with Crippen molar-refractivity contribution >= 4 is 18.3 Å². The molecule has 0 aliphatic carbocycles. The first kappa shape index (κ1) is 11.7. The fraction of sp³-hybridized carbons (Fsp3) is 0.857. The van der Waals surface area contributed by atoms with Gasteiger partial charge in [0.2, 0.25) is 5.91 Å². The molecular weight excluding hydrogens is 180 g/mol. The zero-order valence-corrected chi connectivity index (χ0v) is 7.86. The van der Waals surface area contributed by atoms with Crippen molar-refractivity contribution in [2.45, 2.75) is 12.5 Å². The summed E-state index contributed by atoms with van der Waals surface area (Å²) in [4.78, 5) is 10.9. The van der Waals surface area contributed by atoms with Gasteiger partial charge in [-0.1, -0.05) is 0 Å². The van der Waals surface area contributed by atoms with E-state index in [1.165, 1.54) is 0 Å². The van der Waals surface area contributed by atoms with Crippen molar-refractivity contribution in [3.8, 4) is 0 Å². The maximum absolute atomic E-state index is 10.9. The molecule has 2 atom stereocenters. The van der Waals surface area contributed by atoms with Gasteiger partial charge < -0.3 is 15.7 Å². The summed E-state index contributed by atoms with van der Waals surface area (Å²) in [6.45, 7) is 1.36. The molecule has 1 aliphatic rings. The quantitative estimate of drug-likeness (QED) is 0.536. The van der Waals surface area contributed by atoms with Crippen LogP contribution in [0.15, 0.2) is 0 Å². The van der Waals surface area contributed by atoms with Gasteiger partial charge >= 0.3 is 0 Å². The molecule has 2 unspecified atom stereocenters. The minimum Gasteiger partial charge on any atom is -0.391 e. The number of carbonyl (C=O) groups excluding carboxylic acids is 1. The Kier molecular flexibility index (Phi) is 5.20. The maximum Gasteiger partial charge on any atom is 0.220 e. The number of hydrogen-bond donors (Lipinski definition) is 3. The largest absolute Gasteiger partial charge is 0.391 e. The molecule has 12 heavy (non-hydrogen) atoms. The second kappa shape index (κ2) is 5.35. The van der Waals surface area contributed by atoms with Crippen LogP contribution in [0.5, 0.6) is 0 Å². The first-order valence-corrected chi connectivity index (χ1v) is 3.83. The third-order valence-corrected chi connectivity index (χ3v) is 2.03. The van der Waals surface area contributed by atoms with Crippen LogP contribution in [0.1, 0.15) is 6.42 Å². The van der Waals surface area contributed by atoms with Gasteiger partial charge in [-0.05, 0) is 0 Å². The van der Waals surface area contributed by atoms with E-state index in [4.69, 9.17) is 0 Å². The van der Waals surface area contributed by atoms with Crippen LogP contribution in [0.3, 0.4) is 0 Å². The van der Waals surface area contributed by atoms with Crippen LogP contribution in [0.2, 0.25) is 0 Å². The second-order valence-corrected chi connectivity index (χ2v) is 2.86. The van der Waals surface area contributed by atoms with Crippen LogP contribution in [0, 0.1) is 5.92 Å². The lowest BCUT2D eigenvalue weighted by Gasteiger charge is -2.10. The zero-order chi connectivity index (χ0) is 8.27. The fourth-order valence-corrected chi connectivity index (χ4v) is 1.27. The van der Waals surface area contributed by atoms with E-state index in [1.54, 1.807) is 7.05 Å². The molecule has 0 aromatic rings. The Morgan fingerprint density at radius 3 is 2.75 bits per heavy atom. The van der Waals surface area contributed by atoms with Crippen molar-refractivity contribution in [2.24, 2.45) is 5.92 Å². The van der Waals surface area contributed by atoms with Gasteiger partial charge in [0.05, 0.1) is 6.10 Å². The third kappa shape index (κ3) is 2.97. The minimum atomic E-state index is -0.354. The van der Waals surface area contributed by atoms with Crippen molar-refractivity contribution in [1.29, 1.82) is 0 Å². The van der Waals surface area contributed by atoms with Crippen LogP contribution in [-0.2, 0) is 4.79 Å². The Balaban J connectivity index is 0.00000121. The van der Waals surface area contributed by atoms with E-state index in [1.807, 2.05) is 0 Å². The van der Waals surface area contributed by atoms with Crippen LogP contribution in [-0.4, -0.2) is 37.3 Å². The Morgan fingerprint density at radius 1 is 1.67 bits per heavy atom. The monoisotopic (exact) mass is 194 g/mol. The van der Waals surface area contributed by atoms with Gasteiger partial charge in [0.25, 0.3) is 0 Å². The fourth-order valence-electron chi connectivity index (χ4n) is 1.27. The molecule has 72 valence electrons. The number of halogens is 1. The summed E-state index contributed by atoms with van der Waals surface area (Å²) in [5.41, 5.74) is 0. The van der Waals surface area contributed by atoms with E-state index in [0.29, 0.717) is 13.0 Å². The lowest BCUT2D eigenvalue weighted by atomic mass is 10.0. The van der Waals surface area contributed by atoms with Gasteiger partial charge in [0, 0.05) is 32.5 Å². The summed E-state index contributed by atoms with van der Waals surface area (Å²) in [5.74, 6) is 0.0905. The number of nitrogens with one attached hydrogen (secondary N) is 2. The highest BCUT2D eigenvalue weighted by Crippen LogP contribution is 2.12. The molecule has 0 saturated carbocycles. The molecule has 1 aliphatic heterocycles. The number of aliphatic hydroxyl groups is 1. The lowest BCUT2D eigenvalue weighted by Crippen LogP contribution is -2.26. The second-order valence-electron chi connectivity index (χ2n) is 2.86. The Labute approximate surface area is 78.1 Å². The molecular formula is C7H15ClN2O2. The molecule has 0 radical (unpaired) electrons. The molecule has 1 rings (SSSR count). The Bertz CT molecular complexity index is 154. The van der Waals surface area contributed by atoms with Gasteiger partial charge in [-0.3, -0.25) is 4.79 Å². The number of amides is 1. The summed E-state index contributed by atoms with van der Waals surface area (Å²) in [5, 5.41) is 14.8. The zero-order valence-electron chi connectivity index (χ0n) is 7.04. The van der Waals surface area contributed by atoms with E-state index >= 15 is 0 Å². The SMILES string of the molecule is CNC(=O)CC1CNCC1O.Cl. The first-order chi connectivity index (χ1) is 5.24. The molecule has 0 aromatic heterocycles. The summed E-state index contributed by atoms with van der Waals surface area (Å²) < 4.78 is 0. The minimum absolute atomic E-state index is 0. The molecule has 1 heterocycles. The van der Waals surface area contributed by atoms with Crippen molar-refractivity contribution in [1.82, 2.24) is 10.6 Å². The molecule has 3 N–H and O–H groups in total. The first-order valence-electron chi connectivity index (χ1n) is 3.83. The van der Waals surface area contributed by atoms with E-state index in [0.717, 1.165) is 6.54 Å². The molecule has 1 amide bonds. The average molecular weight is 195 g/mol. The van der Waals surface area contributed by atoms with Crippen LogP contribution in [0.4, 0.5) is 0 Å². The number of hydrogen-bond acceptors (Lipinski definition) is 3. The van der Waals surface area contributed by atoms with Gasteiger partial charge in [0.15, 0.2) is 0 Å². The van der Waals surface area contributed by atoms with Crippen molar-refractivity contribution < 1.29 is 9.90 Å². The van der Waals surface area contributed by atoms with E-state index < -0.39 is 0 Å². The summed E-state index contributed by atoms with van der Waals surface area (Å²) in [7, 11) is 1.61. The number of carbonyl (C=O) groups is 1. The Morgan fingerprint density at radius 2 is 2.33 bits per heavy atom. The molecule has 4 nitrogen and oxygen atoms in total. The summed E-state index contributed by atoms with van der Waals surface area (Å²) >= 11 is 0. The topological polar surface area (TPSA) is 61.4 Å². The van der Waals surface area contributed by atoms with Crippen molar-refractivity contribution in [2.75, 3.05) is 20.1 Å². The van der Waals surface area contributed by atoms with E-state index in [9.17, 15) is 9.90 Å². The average Bonchev–Trinajstić information content (AvgIpc) is 2.37. The summed E-state index contributed by atoms with van der Waals surface area (Å²) in [6.07, 6.45) is 0.0669. The van der Waals surface area contributed by atoms with Crippen LogP contribution in [0.25, 0.3) is 0 Å². The predicted octanol–water partition coefficient (Wildman–Crippen LogP) is -0.875. The molecule has 1 fully saturated rings. The Hall–Kier alpha value is -0.320. The van der Waals surface area contributed by atoms with Gasteiger partial charge in [-0.15, -0.1) is 12.4 Å².